The fourth-order valence-corrected chi connectivity index (χ4v) is 5.68. The van der Waals surface area contributed by atoms with Crippen molar-refractivity contribution in [2.45, 2.75) is 72.4 Å². The van der Waals surface area contributed by atoms with E-state index in [1.165, 1.54) is 11.3 Å². The number of hydrogen-bond donors (Lipinski definition) is 1. The van der Waals surface area contributed by atoms with Crippen LogP contribution >= 0.6 is 11.3 Å². The predicted molar refractivity (Wildman–Crippen MR) is 177 cm³/mol. The largest absolute Gasteiger partial charge is 0.458 e. The highest BCUT2D eigenvalue weighted by Crippen LogP contribution is 2.29. The van der Waals surface area contributed by atoms with E-state index < -0.39 is 17.6 Å². The van der Waals surface area contributed by atoms with Gasteiger partial charge in [-0.2, -0.15) is 4.98 Å². The normalized spacial score (nSPS) is 13.7. The summed E-state index contributed by atoms with van der Waals surface area (Å²) in [5.74, 6) is 0.630. The number of esters is 1. The van der Waals surface area contributed by atoms with Gasteiger partial charge in [-0.25, -0.2) is 14.6 Å². The van der Waals surface area contributed by atoms with Crippen molar-refractivity contribution in [3.8, 4) is 5.75 Å². The lowest BCUT2D eigenvalue weighted by molar-refractivity contribution is -0.155. The summed E-state index contributed by atoms with van der Waals surface area (Å²) >= 11 is 1.36. The van der Waals surface area contributed by atoms with E-state index in [9.17, 15) is 14.4 Å². The van der Waals surface area contributed by atoms with Gasteiger partial charge in [-0.1, -0.05) is 18.2 Å². The molecule has 0 bridgehead atoms. The summed E-state index contributed by atoms with van der Waals surface area (Å²) in [6.45, 7) is 14.5. The van der Waals surface area contributed by atoms with Crippen LogP contribution in [0.15, 0.2) is 48.0 Å². The number of aromatic nitrogens is 2. The summed E-state index contributed by atoms with van der Waals surface area (Å²) in [5, 5.41) is 5.18. The maximum atomic E-state index is 13.6. The maximum absolute atomic E-state index is 13.6. The van der Waals surface area contributed by atoms with Gasteiger partial charge in [0.2, 0.25) is 5.95 Å². The number of nitrogens with zero attached hydrogens (tertiary/aromatic N) is 5. The molecule has 1 aromatic carbocycles. The maximum Gasteiger partial charge on any atom is 0.415 e. The molecule has 1 saturated heterocycles. The minimum absolute atomic E-state index is 0.178. The Morgan fingerprint density at radius 2 is 1.71 bits per heavy atom. The molecule has 242 valence electrons. The smallest absolute Gasteiger partial charge is 0.415 e. The van der Waals surface area contributed by atoms with Crippen LogP contribution in [0.4, 0.5) is 22.2 Å². The monoisotopic (exact) mass is 636 g/mol. The summed E-state index contributed by atoms with van der Waals surface area (Å²) in [7, 11) is 0. The van der Waals surface area contributed by atoms with Gasteiger partial charge >= 0.3 is 12.1 Å². The van der Waals surface area contributed by atoms with E-state index in [1.54, 1.807) is 34.2 Å². The van der Waals surface area contributed by atoms with Gasteiger partial charge in [-0.15, -0.1) is 11.3 Å². The Morgan fingerprint density at radius 3 is 2.29 bits per heavy atom. The number of thiophene rings is 1. The number of carbonyl (C=O) groups is 3. The van der Waals surface area contributed by atoms with Gasteiger partial charge in [-0.3, -0.25) is 4.79 Å². The highest BCUT2D eigenvalue weighted by Gasteiger charge is 2.30. The zero-order chi connectivity index (χ0) is 32.6. The Kier molecular flexibility index (Phi) is 11.4. The number of benzene rings is 1. The first-order chi connectivity index (χ1) is 21.5. The number of nitrogens with one attached hydrogen (secondary N) is 1. The van der Waals surface area contributed by atoms with Crippen LogP contribution < -0.4 is 19.9 Å². The van der Waals surface area contributed by atoms with Crippen molar-refractivity contribution in [3.05, 3.63) is 58.4 Å². The van der Waals surface area contributed by atoms with Crippen LogP contribution in [0.25, 0.3) is 0 Å². The van der Waals surface area contributed by atoms with Gasteiger partial charge in [-0.05, 0) is 83.5 Å². The molecular weight excluding hydrogens is 592 g/mol. The number of rotatable bonds is 12. The van der Waals surface area contributed by atoms with Crippen molar-refractivity contribution in [2.75, 3.05) is 47.8 Å². The quantitative estimate of drug-likeness (QED) is 0.239. The van der Waals surface area contributed by atoms with Gasteiger partial charge in [0.05, 0.1) is 11.1 Å². The number of carbonyl (C=O) groups excluding carboxylic acids is 3. The van der Waals surface area contributed by atoms with Crippen LogP contribution in [0, 0.1) is 0 Å². The van der Waals surface area contributed by atoms with Crippen LogP contribution in [-0.2, 0) is 16.0 Å². The highest BCUT2D eigenvalue weighted by molar-refractivity contribution is 7.12. The second kappa shape index (κ2) is 15.2. The average Bonchev–Trinajstić information content (AvgIpc) is 3.74. The molecule has 0 unspecified atom stereocenters. The van der Waals surface area contributed by atoms with E-state index in [0.717, 1.165) is 18.4 Å². The minimum atomic E-state index is -0.851. The second-order valence-electron chi connectivity index (χ2n) is 11.7. The fraction of sp³-hybridized carbons (Fsp3) is 0.485. The molecule has 4 rings (SSSR count). The van der Waals surface area contributed by atoms with Gasteiger partial charge in [0.1, 0.15) is 23.1 Å². The fourth-order valence-electron chi connectivity index (χ4n) is 5.01. The number of amides is 2. The lowest BCUT2D eigenvalue weighted by atomic mass is 10.0. The SMILES string of the molecule is CCN(CC)c1ncc(N(CC)C(=O)c2cccs2)c(N[C@H](Cc2ccc(OC(=O)N3CCCC3)cc2)C(=O)OC(C)(C)C)n1. The Hall–Kier alpha value is -4.19. The van der Waals surface area contributed by atoms with E-state index in [1.807, 2.05) is 70.0 Å². The lowest BCUT2D eigenvalue weighted by Crippen LogP contribution is -2.39. The van der Waals surface area contributed by atoms with Crippen LogP contribution in [0.3, 0.4) is 0 Å². The number of hydrogen-bond acceptors (Lipinski definition) is 10. The molecule has 0 saturated carbocycles. The third kappa shape index (κ3) is 8.93. The first kappa shape index (κ1) is 33.7. The Labute approximate surface area is 269 Å². The van der Waals surface area contributed by atoms with Crippen LogP contribution in [0.2, 0.25) is 0 Å². The van der Waals surface area contributed by atoms with Crippen molar-refractivity contribution in [2.24, 2.45) is 0 Å². The Morgan fingerprint density at radius 1 is 1.02 bits per heavy atom. The van der Waals surface area contributed by atoms with Gasteiger partial charge in [0.25, 0.3) is 5.91 Å². The number of likely N-dealkylation sites (tertiary alicyclic amines) is 1. The molecule has 0 radical (unpaired) electrons. The summed E-state index contributed by atoms with van der Waals surface area (Å²) < 4.78 is 11.4. The third-order valence-corrected chi connectivity index (χ3v) is 8.18. The minimum Gasteiger partial charge on any atom is -0.458 e. The molecule has 3 aromatic rings. The molecule has 45 heavy (non-hydrogen) atoms. The second-order valence-corrected chi connectivity index (χ2v) is 12.7. The van der Waals surface area contributed by atoms with E-state index in [2.05, 4.69) is 10.3 Å². The zero-order valence-electron chi connectivity index (χ0n) is 27.0. The predicted octanol–water partition coefficient (Wildman–Crippen LogP) is 6.01. The highest BCUT2D eigenvalue weighted by atomic mass is 32.1. The summed E-state index contributed by atoms with van der Waals surface area (Å²) in [6, 6.07) is 9.87. The standard InChI is InChI=1S/C33H44N6O5S/c1-7-37(8-2)31-34-22-26(39(9-3)29(40)27-13-12-20-45-27)28(36-31)35-25(30(41)44-33(4,5)6)21-23-14-16-24(17-15-23)43-32(42)38-18-10-11-19-38/h12-17,20,22,25H,7-11,18-19,21H2,1-6H3,(H,34,35,36)/t25-/m1/s1. The summed E-state index contributed by atoms with van der Waals surface area (Å²) in [4.78, 5) is 54.9. The molecule has 1 aliphatic rings. The average molecular weight is 637 g/mol. The summed E-state index contributed by atoms with van der Waals surface area (Å²) in [5.41, 5.74) is 0.557. The number of anilines is 3. The van der Waals surface area contributed by atoms with Crippen LogP contribution in [0.1, 0.15) is 69.6 Å². The van der Waals surface area contributed by atoms with E-state index in [0.29, 0.717) is 60.8 Å². The Balaban J connectivity index is 1.66. The van der Waals surface area contributed by atoms with Crippen molar-refractivity contribution in [1.29, 1.82) is 0 Å². The van der Waals surface area contributed by atoms with Gasteiger partial charge in [0, 0.05) is 39.1 Å². The van der Waals surface area contributed by atoms with E-state index in [4.69, 9.17) is 14.5 Å². The van der Waals surface area contributed by atoms with E-state index in [-0.39, 0.29) is 18.4 Å². The molecule has 12 heteroatoms. The van der Waals surface area contributed by atoms with Crippen LogP contribution in [-0.4, -0.2) is 77.2 Å². The molecular formula is C33H44N6O5S. The molecule has 2 aromatic heterocycles. The molecule has 1 fully saturated rings. The first-order valence-corrected chi connectivity index (χ1v) is 16.4. The van der Waals surface area contributed by atoms with Crippen molar-refractivity contribution in [3.63, 3.8) is 0 Å². The van der Waals surface area contributed by atoms with Gasteiger partial charge < -0.3 is 29.5 Å². The molecule has 0 aliphatic carbocycles. The Bertz CT molecular complexity index is 1430. The molecule has 3 heterocycles. The van der Waals surface area contributed by atoms with Gasteiger partial charge in [0.15, 0.2) is 5.82 Å². The molecule has 1 atom stereocenters. The lowest BCUT2D eigenvalue weighted by Gasteiger charge is -2.28. The topological polar surface area (TPSA) is 117 Å². The molecule has 1 N–H and O–H groups in total. The third-order valence-electron chi connectivity index (χ3n) is 7.32. The summed E-state index contributed by atoms with van der Waals surface area (Å²) in [6.07, 6.45) is 3.50. The molecule has 0 spiro atoms. The molecule has 11 nitrogen and oxygen atoms in total. The molecule has 1 aliphatic heterocycles. The van der Waals surface area contributed by atoms with Crippen LogP contribution in [0.5, 0.6) is 5.75 Å². The van der Waals surface area contributed by atoms with Crippen molar-refractivity contribution in [1.82, 2.24) is 14.9 Å². The van der Waals surface area contributed by atoms with E-state index >= 15 is 0 Å². The van der Waals surface area contributed by atoms with Crippen molar-refractivity contribution >= 4 is 46.8 Å². The van der Waals surface area contributed by atoms with Crippen molar-refractivity contribution < 1.29 is 23.9 Å². The first-order valence-electron chi connectivity index (χ1n) is 15.5. The zero-order valence-corrected chi connectivity index (χ0v) is 27.9. The molecule has 2 amide bonds. The number of ether oxygens (including phenoxy) is 2.